The third-order valence-corrected chi connectivity index (χ3v) is 3.33. The van der Waals surface area contributed by atoms with Crippen LogP contribution in [0.1, 0.15) is 18.9 Å². The van der Waals surface area contributed by atoms with Crippen molar-refractivity contribution in [3.05, 3.63) is 33.9 Å². The topological polar surface area (TPSA) is 55.2 Å². The summed E-state index contributed by atoms with van der Waals surface area (Å²) in [6.07, 6.45) is 1.26. The molecule has 0 heterocycles. The summed E-state index contributed by atoms with van der Waals surface area (Å²) in [5, 5.41) is 14.1. The van der Waals surface area contributed by atoms with Crippen LogP contribution in [0.5, 0.6) is 0 Å². The van der Waals surface area contributed by atoms with E-state index in [4.69, 9.17) is 0 Å². The largest absolute Gasteiger partial charge is 0.384 e. The highest BCUT2D eigenvalue weighted by molar-refractivity contribution is 5.59. The number of hydrogen-bond donors (Lipinski definition) is 1. The van der Waals surface area contributed by atoms with Crippen molar-refractivity contribution in [1.29, 1.82) is 0 Å². The highest BCUT2D eigenvalue weighted by Gasteiger charge is 2.32. The molecule has 1 fully saturated rings. The van der Waals surface area contributed by atoms with Gasteiger partial charge in [-0.3, -0.25) is 10.1 Å². The van der Waals surface area contributed by atoms with Crippen LogP contribution in [0.15, 0.2) is 18.2 Å². The van der Waals surface area contributed by atoms with Crippen LogP contribution in [0.2, 0.25) is 0 Å². The number of nitrogens with zero attached hydrogens (tertiary/aromatic N) is 1. The van der Waals surface area contributed by atoms with Crippen LogP contribution in [0.4, 0.5) is 11.4 Å². The van der Waals surface area contributed by atoms with Gasteiger partial charge in [0.15, 0.2) is 0 Å². The van der Waals surface area contributed by atoms with Crippen molar-refractivity contribution in [1.82, 2.24) is 0 Å². The second kappa shape index (κ2) is 4.12. The van der Waals surface area contributed by atoms with Crippen LogP contribution in [-0.2, 0) is 0 Å². The lowest BCUT2D eigenvalue weighted by atomic mass is 10.1. The van der Waals surface area contributed by atoms with E-state index < -0.39 is 0 Å². The molecule has 0 aliphatic heterocycles. The molecule has 1 aliphatic carbocycles. The Morgan fingerprint density at radius 2 is 2.25 bits per heavy atom. The van der Waals surface area contributed by atoms with Crippen molar-refractivity contribution in [2.75, 3.05) is 11.9 Å². The predicted octanol–water partition coefficient (Wildman–Crippen LogP) is 2.97. The molecule has 0 bridgehead atoms. The quantitative estimate of drug-likeness (QED) is 0.627. The smallest absolute Gasteiger partial charge is 0.274 e. The van der Waals surface area contributed by atoms with Gasteiger partial charge in [0, 0.05) is 23.9 Å². The van der Waals surface area contributed by atoms with E-state index in [0.717, 1.165) is 29.6 Å². The van der Waals surface area contributed by atoms with E-state index >= 15 is 0 Å². The fourth-order valence-electron chi connectivity index (χ4n) is 1.94. The Hall–Kier alpha value is -1.58. The summed E-state index contributed by atoms with van der Waals surface area (Å²) in [4.78, 5) is 10.4. The van der Waals surface area contributed by atoms with Gasteiger partial charge < -0.3 is 5.32 Å². The van der Waals surface area contributed by atoms with Gasteiger partial charge in [0.25, 0.3) is 5.69 Å². The van der Waals surface area contributed by atoms with Gasteiger partial charge in [-0.05, 0) is 31.2 Å². The van der Waals surface area contributed by atoms with Crippen LogP contribution in [0.3, 0.4) is 0 Å². The zero-order valence-corrected chi connectivity index (χ0v) is 9.56. The van der Waals surface area contributed by atoms with Gasteiger partial charge in [-0.25, -0.2) is 0 Å². The molecular weight excluding hydrogens is 204 g/mol. The zero-order valence-electron chi connectivity index (χ0n) is 9.56. The summed E-state index contributed by atoms with van der Waals surface area (Å²) in [5.74, 6) is 1.53. The number of nitrogens with one attached hydrogen (secondary N) is 1. The van der Waals surface area contributed by atoms with Crippen LogP contribution >= 0.6 is 0 Å². The second-order valence-corrected chi connectivity index (χ2v) is 4.56. The van der Waals surface area contributed by atoms with Crippen LogP contribution in [0, 0.1) is 28.9 Å². The van der Waals surface area contributed by atoms with E-state index in [1.807, 2.05) is 6.07 Å². The van der Waals surface area contributed by atoms with Crippen LogP contribution in [-0.4, -0.2) is 11.5 Å². The summed E-state index contributed by atoms with van der Waals surface area (Å²) in [6.45, 7) is 4.94. The maximum Gasteiger partial charge on any atom is 0.274 e. The van der Waals surface area contributed by atoms with Gasteiger partial charge in [0.2, 0.25) is 0 Å². The number of anilines is 1. The van der Waals surface area contributed by atoms with E-state index in [1.54, 1.807) is 19.1 Å². The molecule has 0 amide bonds. The summed E-state index contributed by atoms with van der Waals surface area (Å²) >= 11 is 0. The second-order valence-electron chi connectivity index (χ2n) is 4.56. The van der Waals surface area contributed by atoms with Gasteiger partial charge >= 0.3 is 0 Å². The van der Waals surface area contributed by atoms with E-state index in [9.17, 15) is 10.1 Å². The van der Waals surface area contributed by atoms with E-state index in [-0.39, 0.29) is 10.6 Å². The molecule has 0 aromatic heterocycles. The summed E-state index contributed by atoms with van der Waals surface area (Å²) < 4.78 is 0. The molecule has 0 saturated heterocycles. The summed E-state index contributed by atoms with van der Waals surface area (Å²) in [6, 6.07) is 5.17. The molecule has 1 N–H and O–H groups in total. The van der Waals surface area contributed by atoms with Gasteiger partial charge in [0.1, 0.15) is 0 Å². The van der Waals surface area contributed by atoms with Crippen LogP contribution < -0.4 is 5.32 Å². The van der Waals surface area contributed by atoms with Crippen molar-refractivity contribution in [3.8, 4) is 0 Å². The average Bonchev–Trinajstić information content (AvgIpc) is 2.93. The first kappa shape index (κ1) is 10.9. The highest BCUT2D eigenvalue weighted by Crippen LogP contribution is 2.38. The minimum absolute atomic E-state index is 0.189. The maximum absolute atomic E-state index is 10.8. The number of nitro benzene ring substituents is 1. The van der Waals surface area contributed by atoms with E-state index in [2.05, 4.69) is 12.2 Å². The number of nitro groups is 1. The predicted molar refractivity (Wildman–Crippen MR) is 63.6 cm³/mol. The molecule has 16 heavy (non-hydrogen) atoms. The molecule has 86 valence electrons. The molecule has 2 atom stereocenters. The molecular formula is C12H16N2O2. The molecule has 0 radical (unpaired) electrons. The number of hydrogen-bond acceptors (Lipinski definition) is 3. The van der Waals surface area contributed by atoms with Gasteiger partial charge in [-0.15, -0.1) is 0 Å². The molecule has 4 nitrogen and oxygen atoms in total. The summed E-state index contributed by atoms with van der Waals surface area (Å²) in [7, 11) is 0. The number of benzene rings is 1. The molecule has 1 aliphatic rings. The van der Waals surface area contributed by atoms with Crippen molar-refractivity contribution in [2.24, 2.45) is 11.8 Å². The molecule has 2 rings (SSSR count). The minimum atomic E-state index is -0.333. The third kappa shape index (κ3) is 2.15. The van der Waals surface area contributed by atoms with Gasteiger partial charge in [-0.2, -0.15) is 0 Å². The van der Waals surface area contributed by atoms with Crippen molar-refractivity contribution >= 4 is 11.4 Å². The average molecular weight is 220 g/mol. The lowest BCUT2D eigenvalue weighted by Crippen LogP contribution is -2.06. The molecule has 1 aromatic rings. The third-order valence-electron chi connectivity index (χ3n) is 3.33. The van der Waals surface area contributed by atoms with Gasteiger partial charge in [0.05, 0.1) is 4.92 Å². The lowest BCUT2D eigenvalue weighted by Gasteiger charge is -2.08. The molecule has 1 saturated carbocycles. The Labute approximate surface area is 94.8 Å². The maximum atomic E-state index is 10.8. The Balaban J connectivity index is 2.08. The fraction of sp³-hybridized carbons (Fsp3) is 0.500. The van der Waals surface area contributed by atoms with Crippen molar-refractivity contribution in [2.45, 2.75) is 20.3 Å². The normalized spacial score (nSPS) is 22.9. The first-order chi connectivity index (χ1) is 7.59. The van der Waals surface area contributed by atoms with Crippen LogP contribution in [0.25, 0.3) is 0 Å². The zero-order chi connectivity index (χ0) is 11.7. The molecule has 2 unspecified atom stereocenters. The first-order valence-electron chi connectivity index (χ1n) is 5.57. The Kier molecular flexibility index (Phi) is 2.81. The Bertz CT molecular complexity index is 417. The van der Waals surface area contributed by atoms with E-state index in [1.165, 1.54) is 6.42 Å². The molecule has 0 spiro atoms. The standard InChI is InChI=1S/C12H16N2O2/c1-8-6-10(8)7-13-11-4-3-5-12(9(11)2)14(15)16/h3-5,8,10,13H,6-7H2,1-2H3. The Morgan fingerprint density at radius 3 is 2.81 bits per heavy atom. The van der Waals surface area contributed by atoms with E-state index in [0.29, 0.717) is 0 Å². The number of rotatable bonds is 4. The molecule has 1 aromatic carbocycles. The lowest BCUT2D eigenvalue weighted by molar-refractivity contribution is -0.385. The van der Waals surface area contributed by atoms with Crippen molar-refractivity contribution in [3.63, 3.8) is 0 Å². The van der Waals surface area contributed by atoms with Gasteiger partial charge in [-0.1, -0.05) is 13.0 Å². The highest BCUT2D eigenvalue weighted by atomic mass is 16.6. The monoisotopic (exact) mass is 220 g/mol. The minimum Gasteiger partial charge on any atom is -0.384 e. The Morgan fingerprint density at radius 1 is 1.56 bits per heavy atom. The summed E-state index contributed by atoms with van der Waals surface area (Å²) in [5.41, 5.74) is 1.79. The SMILES string of the molecule is Cc1c(NCC2CC2C)cccc1[N+](=O)[O-]. The molecule has 4 heteroatoms. The first-order valence-corrected chi connectivity index (χ1v) is 5.57. The van der Waals surface area contributed by atoms with Crippen molar-refractivity contribution < 1.29 is 4.92 Å². The fourth-order valence-corrected chi connectivity index (χ4v) is 1.94.